The number of aliphatic carboxylic acids is 1. The first-order valence-corrected chi connectivity index (χ1v) is 13.9. The van der Waals surface area contributed by atoms with Gasteiger partial charge in [-0.2, -0.15) is 0 Å². The fourth-order valence-electron chi connectivity index (χ4n) is 4.97. The number of rotatable bonds is 11. The van der Waals surface area contributed by atoms with Gasteiger partial charge in [-0.05, 0) is 53.8 Å². The molecule has 3 aromatic rings. The number of amidine groups is 1. The highest BCUT2D eigenvalue weighted by Gasteiger charge is 2.30. The van der Waals surface area contributed by atoms with E-state index >= 15 is 0 Å². The summed E-state index contributed by atoms with van der Waals surface area (Å²) in [4.78, 5) is 39.6. The van der Waals surface area contributed by atoms with Crippen LogP contribution in [0.15, 0.2) is 60.7 Å². The van der Waals surface area contributed by atoms with E-state index in [2.05, 4.69) is 5.32 Å². The molecule has 1 heterocycles. The third kappa shape index (κ3) is 6.62. The number of hydrogen-bond donors (Lipinski definition) is 3. The molecule has 1 aliphatic heterocycles. The number of nitrogens with zero attached hydrogens (tertiary/aromatic N) is 1. The number of carbonyl (C=O) groups is 3. The summed E-state index contributed by atoms with van der Waals surface area (Å²) in [5.41, 5.74) is 3.29. The molecular formula is C33H37N3O6. The normalized spacial score (nSPS) is 13.4. The van der Waals surface area contributed by atoms with Gasteiger partial charge in [-0.1, -0.05) is 51.1 Å². The first-order valence-electron chi connectivity index (χ1n) is 13.9. The summed E-state index contributed by atoms with van der Waals surface area (Å²) < 4.78 is 11.7. The third-order valence-corrected chi connectivity index (χ3v) is 7.16. The Hall–Kier alpha value is -4.66. The SMILES string of the molecule is CCOc1cc2c(cc1C(=O)NC)C(=N)N(CC(=O)c1ccc(OC(Cc3ccccc3)C(=O)O)c(C(C)(C)C)c1)C2. The van der Waals surface area contributed by atoms with Crippen LogP contribution in [-0.4, -0.2) is 59.8 Å². The summed E-state index contributed by atoms with van der Waals surface area (Å²) in [7, 11) is 1.54. The lowest BCUT2D eigenvalue weighted by Gasteiger charge is -2.26. The van der Waals surface area contributed by atoms with Gasteiger partial charge >= 0.3 is 5.97 Å². The summed E-state index contributed by atoms with van der Waals surface area (Å²) in [5.74, 6) is -0.566. The maximum absolute atomic E-state index is 13.5. The van der Waals surface area contributed by atoms with Crippen molar-refractivity contribution in [3.05, 3.63) is 94.0 Å². The molecule has 0 spiro atoms. The zero-order valence-corrected chi connectivity index (χ0v) is 24.6. The molecule has 1 unspecified atom stereocenters. The molecule has 42 heavy (non-hydrogen) atoms. The van der Waals surface area contributed by atoms with Crippen LogP contribution in [0.1, 0.15) is 70.7 Å². The van der Waals surface area contributed by atoms with Crippen molar-refractivity contribution in [3.8, 4) is 11.5 Å². The van der Waals surface area contributed by atoms with Gasteiger partial charge in [0.1, 0.15) is 17.3 Å². The number of benzene rings is 3. The highest BCUT2D eigenvalue weighted by molar-refractivity contribution is 6.07. The van der Waals surface area contributed by atoms with Crippen molar-refractivity contribution in [2.24, 2.45) is 0 Å². The monoisotopic (exact) mass is 571 g/mol. The Kier molecular flexibility index (Phi) is 8.99. The van der Waals surface area contributed by atoms with E-state index in [4.69, 9.17) is 14.9 Å². The maximum atomic E-state index is 13.5. The number of amides is 1. The summed E-state index contributed by atoms with van der Waals surface area (Å²) in [6.45, 7) is 8.44. The third-order valence-electron chi connectivity index (χ3n) is 7.16. The number of carbonyl (C=O) groups excluding carboxylic acids is 2. The summed E-state index contributed by atoms with van der Waals surface area (Å²) in [6.07, 6.45) is -0.898. The number of carboxylic acid groups (broad SMARTS) is 1. The topological polar surface area (TPSA) is 129 Å². The molecule has 220 valence electrons. The van der Waals surface area contributed by atoms with Crippen LogP contribution in [-0.2, 0) is 23.2 Å². The van der Waals surface area contributed by atoms with Crippen LogP contribution < -0.4 is 14.8 Å². The molecule has 3 N–H and O–H groups in total. The largest absolute Gasteiger partial charge is 0.493 e. The molecule has 9 nitrogen and oxygen atoms in total. The predicted octanol–water partition coefficient (Wildman–Crippen LogP) is 4.84. The zero-order valence-electron chi connectivity index (χ0n) is 24.6. The fourth-order valence-corrected chi connectivity index (χ4v) is 4.97. The zero-order chi connectivity index (χ0) is 30.6. The molecule has 3 aromatic carbocycles. The van der Waals surface area contributed by atoms with Crippen LogP contribution in [0, 0.1) is 5.41 Å². The second-order valence-electron chi connectivity index (χ2n) is 11.2. The van der Waals surface area contributed by atoms with Gasteiger partial charge in [-0.25, -0.2) is 4.79 Å². The number of fused-ring (bicyclic) bond motifs is 1. The molecule has 1 atom stereocenters. The number of hydrogen-bond acceptors (Lipinski definition) is 6. The van der Waals surface area contributed by atoms with Crippen LogP contribution in [0.3, 0.4) is 0 Å². The average molecular weight is 572 g/mol. The van der Waals surface area contributed by atoms with Crippen molar-refractivity contribution in [2.45, 2.75) is 52.2 Å². The van der Waals surface area contributed by atoms with Crippen molar-refractivity contribution in [1.82, 2.24) is 10.2 Å². The smallest absolute Gasteiger partial charge is 0.345 e. The number of ketones is 1. The van der Waals surface area contributed by atoms with Gasteiger partial charge in [0.15, 0.2) is 11.9 Å². The quantitative estimate of drug-likeness (QED) is 0.281. The Balaban J connectivity index is 1.56. The summed E-state index contributed by atoms with van der Waals surface area (Å²) in [5, 5.41) is 21.2. The molecule has 0 saturated carbocycles. The van der Waals surface area contributed by atoms with Gasteiger partial charge in [0.05, 0.1) is 18.7 Å². The van der Waals surface area contributed by atoms with E-state index < -0.39 is 17.5 Å². The molecule has 4 rings (SSSR count). The van der Waals surface area contributed by atoms with Crippen LogP contribution in [0.4, 0.5) is 0 Å². The molecule has 0 saturated heterocycles. The predicted molar refractivity (Wildman–Crippen MR) is 160 cm³/mol. The molecule has 9 heteroatoms. The Morgan fingerprint density at radius 2 is 1.76 bits per heavy atom. The van der Waals surface area contributed by atoms with Gasteiger partial charge in [0.2, 0.25) is 0 Å². The Bertz CT molecular complexity index is 1510. The van der Waals surface area contributed by atoms with Crippen LogP contribution in [0.25, 0.3) is 0 Å². The Morgan fingerprint density at radius 3 is 2.38 bits per heavy atom. The molecule has 0 bridgehead atoms. The van der Waals surface area contributed by atoms with E-state index in [0.29, 0.717) is 46.9 Å². The van der Waals surface area contributed by atoms with Crippen molar-refractivity contribution in [2.75, 3.05) is 20.2 Å². The van der Waals surface area contributed by atoms with Crippen molar-refractivity contribution >= 4 is 23.5 Å². The van der Waals surface area contributed by atoms with Crippen LogP contribution in [0.5, 0.6) is 11.5 Å². The number of Topliss-reactive ketones (excluding diaryl/α,β-unsaturated/α-hetero) is 1. The van der Waals surface area contributed by atoms with Crippen molar-refractivity contribution < 1.29 is 29.0 Å². The van der Waals surface area contributed by atoms with E-state index in [1.54, 1.807) is 35.2 Å². The first-order chi connectivity index (χ1) is 19.9. The van der Waals surface area contributed by atoms with Crippen LogP contribution >= 0.6 is 0 Å². The van der Waals surface area contributed by atoms with E-state index in [1.807, 2.05) is 58.0 Å². The Labute approximate surface area is 246 Å². The van der Waals surface area contributed by atoms with Gasteiger partial charge in [-0.15, -0.1) is 0 Å². The lowest BCUT2D eigenvalue weighted by Crippen LogP contribution is -2.31. The van der Waals surface area contributed by atoms with Crippen molar-refractivity contribution in [1.29, 1.82) is 5.41 Å². The van der Waals surface area contributed by atoms with E-state index in [1.165, 1.54) is 7.05 Å². The second kappa shape index (κ2) is 12.5. The number of carboxylic acids is 1. The average Bonchev–Trinajstić information content (AvgIpc) is 3.25. The first kappa shape index (κ1) is 30.3. The van der Waals surface area contributed by atoms with Gasteiger partial charge in [0.25, 0.3) is 5.91 Å². The molecule has 1 amide bonds. The van der Waals surface area contributed by atoms with E-state index in [0.717, 1.165) is 11.1 Å². The standard InChI is InChI=1S/C33H37N3O6/c1-6-41-28-16-22-18-36(30(34)23(22)17-24(28)31(38)35-5)19-26(37)21-12-13-27(25(15-21)33(2,3)4)42-29(32(39)40)14-20-10-8-7-9-11-20/h7-13,15-17,29,34H,6,14,18-19H2,1-5H3,(H,35,38)(H,39,40). The fraction of sp³-hybridized carbons (Fsp3) is 0.333. The Morgan fingerprint density at radius 1 is 1.05 bits per heavy atom. The summed E-state index contributed by atoms with van der Waals surface area (Å²) in [6, 6.07) is 17.7. The van der Waals surface area contributed by atoms with Gasteiger partial charge in [-0.3, -0.25) is 15.0 Å². The minimum atomic E-state index is -1.10. The van der Waals surface area contributed by atoms with Gasteiger partial charge in [0, 0.05) is 36.7 Å². The van der Waals surface area contributed by atoms with Gasteiger partial charge < -0.3 is 24.8 Å². The molecule has 0 aromatic heterocycles. The molecule has 1 aliphatic rings. The highest BCUT2D eigenvalue weighted by atomic mass is 16.5. The van der Waals surface area contributed by atoms with Crippen molar-refractivity contribution in [3.63, 3.8) is 0 Å². The second-order valence-corrected chi connectivity index (χ2v) is 11.2. The molecular weight excluding hydrogens is 534 g/mol. The van der Waals surface area contributed by atoms with E-state index in [-0.39, 0.29) is 30.5 Å². The molecule has 0 radical (unpaired) electrons. The maximum Gasteiger partial charge on any atom is 0.345 e. The van der Waals surface area contributed by atoms with E-state index in [9.17, 15) is 19.5 Å². The minimum absolute atomic E-state index is 0.0394. The van der Waals surface area contributed by atoms with Crippen LogP contribution in [0.2, 0.25) is 0 Å². The molecule has 0 fully saturated rings. The number of ether oxygens (including phenoxy) is 2. The summed E-state index contributed by atoms with van der Waals surface area (Å²) >= 11 is 0. The lowest BCUT2D eigenvalue weighted by molar-refractivity contribution is -0.145. The molecule has 0 aliphatic carbocycles. The minimum Gasteiger partial charge on any atom is -0.493 e. The number of nitrogens with one attached hydrogen (secondary N) is 2. The highest BCUT2D eigenvalue weighted by Crippen LogP contribution is 2.34. The lowest BCUT2D eigenvalue weighted by atomic mass is 9.85.